The Hall–Kier alpha value is -1.62. The van der Waals surface area contributed by atoms with Crippen LogP contribution >= 0.6 is 24.0 Å². The van der Waals surface area contributed by atoms with E-state index in [4.69, 9.17) is 14.5 Å². The predicted octanol–water partition coefficient (Wildman–Crippen LogP) is 2.87. The van der Waals surface area contributed by atoms with Gasteiger partial charge in [0.25, 0.3) is 0 Å². The molecule has 1 aliphatic rings. The highest BCUT2D eigenvalue weighted by Gasteiger charge is 2.24. The molecule has 9 heteroatoms. The number of nitrogens with one attached hydrogen (secondary N) is 1. The van der Waals surface area contributed by atoms with E-state index in [-0.39, 0.29) is 42.0 Å². The summed E-state index contributed by atoms with van der Waals surface area (Å²) in [6.45, 7) is 7.90. The number of hydrogen-bond acceptors (Lipinski definition) is 4. The number of benzene rings is 1. The summed E-state index contributed by atoms with van der Waals surface area (Å²) in [6.07, 6.45) is -0.519. The smallest absolute Gasteiger partial charge is 0.409 e. The first kappa shape index (κ1) is 24.4. The van der Waals surface area contributed by atoms with Crippen LogP contribution in [0.25, 0.3) is 0 Å². The van der Waals surface area contributed by atoms with Crippen molar-refractivity contribution in [2.45, 2.75) is 20.0 Å². The Morgan fingerprint density at radius 2 is 1.79 bits per heavy atom. The van der Waals surface area contributed by atoms with E-state index in [0.717, 1.165) is 18.1 Å². The molecular weight excluding hydrogens is 478 g/mol. The van der Waals surface area contributed by atoms with Gasteiger partial charge in [-0.1, -0.05) is 12.1 Å². The maximum Gasteiger partial charge on any atom is 0.409 e. The fourth-order valence-corrected chi connectivity index (χ4v) is 2.90. The lowest BCUT2D eigenvalue weighted by molar-refractivity contribution is 0.0910. The largest absolute Gasteiger partial charge is 0.450 e. The fourth-order valence-electron chi connectivity index (χ4n) is 2.90. The Morgan fingerprint density at radius 3 is 2.32 bits per heavy atom. The number of rotatable bonds is 6. The van der Waals surface area contributed by atoms with Crippen LogP contribution in [-0.2, 0) is 9.47 Å². The molecule has 1 unspecified atom stereocenters. The van der Waals surface area contributed by atoms with Gasteiger partial charge in [-0.15, -0.1) is 24.0 Å². The van der Waals surface area contributed by atoms with E-state index in [2.05, 4.69) is 10.2 Å². The third-order valence-corrected chi connectivity index (χ3v) is 4.37. The van der Waals surface area contributed by atoms with Crippen LogP contribution in [0.4, 0.5) is 9.18 Å². The van der Waals surface area contributed by atoms with E-state index < -0.39 is 0 Å². The Bertz CT molecular complexity index is 622. The van der Waals surface area contributed by atoms with Gasteiger partial charge in [0.2, 0.25) is 0 Å². The molecule has 1 aromatic carbocycles. The van der Waals surface area contributed by atoms with E-state index in [1.807, 2.05) is 6.92 Å². The van der Waals surface area contributed by atoms with Gasteiger partial charge in [-0.25, -0.2) is 9.18 Å². The highest BCUT2D eigenvalue weighted by atomic mass is 127. The standard InChI is InChI=1S/C19H29FN4O3.HI/c1-4-21-18(23-10-12-24(13-11-23)19(25)27-5-2)22-14-17(26-3)15-6-8-16(20)9-7-15;/h6-9,17H,4-5,10-14H2,1-3H3,(H,21,22);1H. The van der Waals surface area contributed by atoms with Gasteiger partial charge in [0.05, 0.1) is 13.2 Å². The highest BCUT2D eigenvalue weighted by Crippen LogP contribution is 2.17. The van der Waals surface area contributed by atoms with Crippen LogP contribution < -0.4 is 5.32 Å². The Labute approximate surface area is 183 Å². The van der Waals surface area contributed by atoms with Crippen LogP contribution in [-0.4, -0.2) is 74.8 Å². The molecule has 1 N–H and O–H groups in total. The van der Waals surface area contributed by atoms with Crippen LogP contribution in [0.1, 0.15) is 25.5 Å². The van der Waals surface area contributed by atoms with E-state index in [0.29, 0.717) is 39.3 Å². The van der Waals surface area contributed by atoms with Gasteiger partial charge in [0.15, 0.2) is 5.96 Å². The maximum atomic E-state index is 13.1. The maximum absolute atomic E-state index is 13.1. The Kier molecular flexibility index (Phi) is 11.1. The molecule has 1 saturated heterocycles. The second kappa shape index (κ2) is 12.8. The zero-order chi connectivity index (χ0) is 19.6. The number of nitrogens with zero attached hydrogens (tertiary/aromatic N) is 3. The Morgan fingerprint density at radius 1 is 1.18 bits per heavy atom. The van der Waals surface area contributed by atoms with Gasteiger partial charge in [-0.3, -0.25) is 4.99 Å². The quantitative estimate of drug-likeness (QED) is 0.364. The molecule has 28 heavy (non-hydrogen) atoms. The molecule has 1 heterocycles. The summed E-state index contributed by atoms with van der Waals surface area (Å²) in [5.41, 5.74) is 0.880. The molecule has 0 spiro atoms. The minimum Gasteiger partial charge on any atom is -0.450 e. The predicted molar refractivity (Wildman–Crippen MR) is 118 cm³/mol. The van der Waals surface area contributed by atoms with Gasteiger partial charge in [0.1, 0.15) is 11.9 Å². The van der Waals surface area contributed by atoms with Crippen molar-refractivity contribution >= 4 is 36.0 Å². The van der Waals surface area contributed by atoms with Gasteiger partial charge in [0, 0.05) is 39.8 Å². The summed E-state index contributed by atoms with van der Waals surface area (Å²) in [7, 11) is 1.62. The molecule has 0 aliphatic carbocycles. The minimum atomic E-state index is -0.273. The first-order valence-electron chi connectivity index (χ1n) is 9.32. The second-order valence-electron chi connectivity index (χ2n) is 6.14. The number of methoxy groups -OCH3 is 1. The lowest BCUT2D eigenvalue weighted by Gasteiger charge is -2.36. The third-order valence-electron chi connectivity index (χ3n) is 4.37. The van der Waals surface area contributed by atoms with Crippen LogP contribution in [0.2, 0.25) is 0 Å². The van der Waals surface area contributed by atoms with Crippen molar-refractivity contribution in [2.24, 2.45) is 4.99 Å². The lowest BCUT2D eigenvalue weighted by atomic mass is 10.1. The lowest BCUT2D eigenvalue weighted by Crippen LogP contribution is -2.54. The van der Waals surface area contributed by atoms with Crippen molar-refractivity contribution in [3.63, 3.8) is 0 Å². The first-order chi connectivity index (χ1) is 13.1. The normalized spacial score (nSPS) is 15.6. The molecule has 1 aliphatic heterocycles. The van der Waals surface area contributed by atoms with Crippen molar-refractivity contribution in [3.8, 4) is 0 Å². The Balaban J connectivity index is 0.00000392. The van der Waals surface area contributed by atoms with Crippen LogP contribution in [0, 0.1) is 5.82 Å². The summed E-state index contributed by atoms with van der Waals surface area (Å²) in [5, 5.41) is 3.29. The number of carbonyl (C=O) groups is 1. The number of aliphatic imine (C=N–C) groups is 1. The third kappa shape index (κ3) is 7.08. The zero-order valence-corrected chi connectivity index (χ0v) is 19.0. The van der Waals surface area contributed by atoms with E-state index in [1.165, 1.54) is 12.1 Å². The molecule has 7 nitrogen and oxygen atoms in total. The molecule has 1 fully saturated rings. The van der Waals surface area contributed by atoms with Crippen LogP contribution in [0.15, 0.2) is 29.3 Å². The molecule has 1 atom stereocenters. The summed E-state index contributed by atoms with van der Waals surface area (Å²) in [4.78, 5) is 20.4. The minimum absolute atomic E-state index is 0. The van der Waals surface area contributed by atoms with Crippen molar-refractivity contribution in [1.29, 1.82) is 0 Å². The molecule has 0 saturated carbocycles. The van der Waals surface area contributed by atoms with Crippen molar-refractivity contribution in [1.82, 2.24) is 15.1 Å². The number of amides is 1. The zero-order valence-electron chi connectivity index (χ0n) is 16.7. The molecule has 1 aromatic rings. The molecular formula is C19H30FIN4O3. The molecule has 0 aromatic heterocycles. The van der Waals surface area contributed by atoms with Gasteiger partial charge in [-0.05, 0) is 31.5 Å². The summed E-state index contributed by atoms with van der Waals surface area (Å²) < 4.78 is 23.7. The topological polar surface area (TPSA) is 66.4 Å². The summed E-state index contributed by atoms with van der Waals surface area (Å²) >= 11 is 0. The average molecular weight is 508 g/mol. The number of carbonyl (C=O) groups excluding carboxylic acids is 1. The monoisotopic (exact) mass is 508 g/mol. The first-order valence-corrected chi connectivity index (χ1v) is 9.32. The molecule has 0 bridgehead atoms. The van der Waals surface area contributed by atoms with E-state index >= 15 is 0 Å². The SMILES string of the molecule is CCNC(=NCC(OC)c1ccc(F)cc1)N1CCN(C(=O)OCC)CC1.I. The van der Waals surface area contributed by atoms with Crippen molar-refractivity contribution < 1.29 is 18.7 Å². The fraction of sp³-hybridized carbons (Fsp3) is 0.579. The molecule has 158 valence electrons. The second-order valence-corrected chi connectivity index (χ2v) is 6.14. The number of hydrogen-bond donors (Lipinski definition) is 1. The van der Waals surface area contributed by atoms with E-state index in [1.54, 1.807) is 31.1 Å². The van der Waals surface area contributed by atoms with Crippen LogP contribution in [0.3, 0.4) is 0 Å². The average Bonchev–Trinajstić information content (AvgIpc) is 2.69. The van der Waals surface area contributed by atoms with Crippen molar-refractivity contribution in [2.75, 3.05) is 53.0 Å². The number of piperazine rings is 1. The van der Waals surface area contributed by atoms with E-state index in [9.17, 15) is 9.18 Å². The van der Waals surface area contributed by atoms with Crippen LogP contribution in [0.5, 0.6) is 0 Å². The van der Waals surface area contributed by atoms with Gasteiger partial charge >= 0.3 is 6.09 Å². The number of guanidine groups is 1. The van der Waals surface area contributed by atoms with Crippen molar-refractivity contribution in [3.05, 3.63) is 35.6 Å². The number of halogens is 2. The van der Waals surface area contributed by atoms with Gasteiger partial charge < -0.3 is 24.6 Å². The molecule has 2 rings (SSSR count). The highest BCUT2D eigenvalue weighted by molar-refractivity contribution is 14.0. The molecule has 0 radical (unpaired) electrons. The molecule has 1 amide bonds. The van der Waals surface area contributed by atoms with Gasteiger partial charge in [-0.2, -0.15) is 0 Å². The summed E-state index contributed by atoms with van der Waals surface area (Å²) in [6, 6.07) is 6.27. The summed E-state index contributed by atoms with van der Waals surface area (Å²) in [5.74, 6) is 0.509. The number of ether oxygens (including phenoxy) is 2.